The Kier molecular flexibility index (Phi) is 4.61. The number of ether oxygens (including phenoxy) is 1. The predicted octanol–water partition coefficient (Wildman–Crippen LogP) is 4.34. The molecule has 0 heterocycles. The molecule has 0 saturated heterocycles. The molecule has 0 bridgehead atoms. The molecular formula is C14H10Br2O3. The van der Waals surface area contributed by atoms with Crippen LogP contribution >= 0.6 is 31.9 Å². The fraction of sp³-hybridized carbons (Fsp3) is 0.0714. The van der Waals surface area contributed by atoms with Crippen LogP contribution in [0.25, 0.3) is 11.1 Å². The van der Waals surface area contributed by atoms with Gasteiger partial charge in [-0.25, -0.2) is 4.79 Å². The maximum atomic E-state index is 10.6. The van der Waals surface area contributed by atoms with Crippen LogP contribution in [0.15, 0.2) is 51.4 Å². The minimum absolute atomic E-state index is 0.372. The van der Waals surface area contributed by atoms with E-state index in [2.05, 4.69) is 31.9 Å². The maximum absolute atomic E-state index is 10.6. The normalized spacial score (nSPS) is 10.2. The summed E-state index contributed by atoms with van der Waals surface area (Å²) in [5.41, 5.74) is 1.80. The third kappa shape index (κ3) is 3.58. The summed E-state index contributed by atoms with van der Waals surface area (Å²) in [4.78, 5) is 10.6. The number of aliphatic carboxylic acids is 1. The second kappa shape index (κ2) is 6.21. The van der Waals surface area contributed by atoms with Crippen LogP contribution < -0.4 is 4.74 Å². The molecule has 0 aliphatic carbocycles. The zero-order valence-electron chi connectivity index (χ0n) is 9.77. The average molecular weight is 386 g/mol. The van der Waals surface area contributed by atoms with Crippen molar-refractivity contribution >= 4 is 37.8 Å². The third-order valence-corrected chi connectivity index (χ3v) is 3.52. The van der Waals surface area contributed by atoms with Gasteiger partial charge < -0.3 is 9.84 Å². The Hall–Kier alpha value is -1.33. The number of carbonyl (C=O) groups is 1. The van der Waals surface area contributed by atoms with Gasteiger partial charge >= 0.3 is 5.97 Å². The van der Waals surface area contributed by atoms with E-state index in [1.165, 1.54) is 0 Å². The molecule has 0 aliphatic rings. The van der Waals surface area contributed by atoms with E-state index in [0.717, 1.165) is 20.1 Å². The van der Waals surface area contributed by atoms with E-state index in [1.807, 2.05) is 36.4 Å². The van der Waals surface area contributed by atoms with Crippen LogP contribution in [-0.2, 0) is 4.79 Å². The maximum Gasteiger partial charge on any atom is 0.341 e. The lowest BCUT2D eigenvalue weighted by Crippen LogP contribution is -2.10. The molecule has 2 aromatic rings. The molecule has 2 aromatic carbocycles. The first-order valence-corrected chi connectivity index (χ1v) is 7.05. The quantitative estimate of drug-likeness (QED) is 0.851. The molecule has 0 aliphatic heterocycles. The van der Waals surface area contributed by atoms with Gasteiger partial charge in [-0.05, 0) is 33.6 Å². The number of carboxylic acid groups (broad SMARTS) is 1. The molecule has 0 aromatic heterocycles. The standard InChI is InChI=1S/C14H10Br2O3/c15-10-6-11(16)14(9-4-2-1-3-5-9)12(7-10)19-8-13(17)18/h1-7H,8H2,(H,17,18). The van der Waals surface area contributed by atoms with Gasteiger partial charge in [0.15, 0.2) is 6.61 Å². The summed E-state index contributed by atoms with van der Waals surface area (Å²) in [7, 11) is 0. The number of hydrogen-bond acceptors (Lipinski definition) is 2. The lowest BCUT2D eigenvalue weighted by molar-refractivity contribution is -0.139. The van der Waals surface area contributed by atoms with E-state index in [0.29, 0.717) is 5.75 Å². The Morgan fingerprint density at radius 3 is 2.47 bits per heavy atom. The van der Waals surface area contributed by atoms with Crippen molar-refractivity contribution in [2.75, 3.05) is 6.61 Å². The van der Waals surface area contributed by atoms with E-state index >= 15 is 0 Å². The first kappa shape index (κ1) is 14.1. The van der Waals surface area contributed by atoms with Gasteiger partial charge in [-0.2, -0.15) is 0 Å². The number of hydrogen-bond donors (Lipinski definition) is 1. The Labute approximate surface area is 127 Å². The molecule has 98 valence electrons. The number of carboxylic acids is 1. The Morgan fingerprint density at radius 2 is 1.84 bits per heavy atom. The molecule has 0 fully saturated rings. The van der Waals surface area contributed by atoms with Crippen LogP contribution in [-0.4, -0.2) is 17.7 Å². The van der Waals surface area contributed by atoms with Crippen molar-refractivity contribution in [3.63, 3.8) is 0 Å². The molecule has 5 heteroatoms. The zero-order valence-corrected chi connectivity index (χ0v) is 12.9. The van der Waals surface area contributed by atoms with Crippen molar-refractivity contribution < 1.29 is 14.6 Å². The molecule has 1 N–H and O–H groups in total. The predicted molar refractivity (Wildman–Crippen MR) is 80.4 cm³/mol. The van der Waals surface area contributed by atoms with Crippen LogP contribution in [0.3, 0.4) is 0 Å². The summed E-state index contributed by atoms with van der Waals surface area (Å²) in [6, 6.07) is 13.3. The van der Waals surface area contributed by atoms with Gasteiger partial charge in [-0.3, -0.25) is 0 Å². The second-order valence-corrected chi connectivity index (χ2v) is 5.58. The minimum atomic E-state index is -1.00. The van der Waals surface area contributed by atoms with Crippen LogP contribution in [0.4, 0.5) is 0 Å². The topological polar surface area (TPSA) is 46.5 Å². The molecule has 2 rings (SSSR count). The van der Waals surface area contributed by atoms with Crippen molar-refractivity contribution in [2.45, 2.75) is 0 Å². The van der Waals surface area contributed by atoms with Gasteiger partial charge in [-0.15, -0.1) is 0 Å². The van der Waals surface area contributed by atoms with Crippen molar-refractivity contribution in [2.24, 2.45) is 0 Å². The Bertz CT molecular complexity index is 597. The van der Waals surface area contributed by atoms with Crippen LogP contribution in [0.5, 0.6) is 5.75 Å². The first-order chi connectivity index (χ1) is 9.08. The highest BCUT2D eigenvalue weighted by molar-refractivity contribution is 9.11. The monoisotopic (exact) mass is 384 g/mol. The van der Waals surface area contributed by atoms with Crippen LogP contribution in [0.1, 0.15) is 0 Å². The van der Waals surface area contributed by atoms with E-state index < -0.39 is 5.97 Å². The van der Waals surface area contributed by atoms with Gasteiger partial charge in [-0.1, -0.05) is 46.3 Å². The van der Waals surface area contributed by atoms with E-state index in [9.17, 15) is 4.79 Å². The van der Waals surface area contributed by atoms with Gasteiger partial charge in [0, 0.05) is 14.5 Å². The fourth-order valence-electron chi connectivity index (χ4n) is 1.69. The number of benzene rings is 2. The summed E-state index contributed by atoms with van der Waals surface area (Å²) in [6.45, 7) is -0.372. The zero-order chi connectivity index (χ0) is 13.8. The molecule has 0 saturated carbocycles. The summed E-state index contributed by atoms with van der Waals surface area (Å²) in [6.07, 6.45) is 0. The third-order valence-electron chi connectivity index (χ3n) is 2.43. The van der Waals surface area contributed by atoms with Crippen molar-refractivity contribution in [1.29, 1.82) is 0 Å². The van der Waals surface area contributed by atoms with E-state index in [4.69, 9.17) is 9.84 Å². The highest BCUT2D eigenvalue weighted by Gasteiger charge is 2.13. The molecule has 0 spiro atoms. The molecule has 3 nitrogen and oxygen atoms in total. The number of halogens is 2. The lowest BCUT2D eigenvalue weighted by Gasteiger charge is -2.13. The van der Waals surface area contributed by atoms with Crippen molar-refractivity contribution in [3.05, 3.63) is 51.4 Å². The van der Waals surface area contributed by atoms with Gasteiger partial charge in [0.1, 0.15) is 5.75 Å². The Balaban J connectivity index is 2.49. The van der Waals surface area contributed by atoms with E-state index in [1.54, 1.807) is 6.07 Å². The second-order valence-electron chi connectivity index (χ2n) is 3.81. The molecule has 0 radical (unpaired) electrons. The molecular weight excluding hydrogens is 376 g/mol. The average Bonchev–Trinajstić information content (AvgIpc) is 2.36. The summed E-state index contributed by atoms with van der Waals surface area (Å²) in [5.74, 6) is -0.482. The smallest absolute Gasteiger partial charge is 0.341 e. The summed E-state index contributed by atoms with van der Waals surface area (Å²) < 4.78 is 7.02. The lowest BCUT2D eigenvalue weighted by atomic mass is 10.0. The SMILES string of the molecule is O=C(O)COc1cc(Br)cc(Br)c1-c1ccccc1. The van der Waals surface area contributed by atoms with Crippen LogP contribution in [0, 0.1) is 0 Å². The van der Waals surface area contributed by atoms with Crippen LogP contribution in [0.2, 0.25) is 0 Å². The number of rotatable bonds is 4. The molecule has 19 heavy (non-hydrogen) atoms. The Morgan fingerprint density at radius 1 is 1.16 bits per heavy atom. The molecule has 0 atom stereocenters. The van der Waals surface area contributed by atoms with Gasteiger partial charge in [0.2, 0.25) is 0 Å². The highest BCUT2D eigenvalue weighted by atomic mass is 79.9. The fourth-order valence-corrected chi connectivity index (χ4v) is 3.10. The minimum Gasteiger partial charge on any atom is -0.481 e. The first-order valence-electron chi connectivity index (χ1n) is 5.47. The highest BCUT2D eigenvalue weighted by Crippen LogP contribution is 2.39. The summed E-state index contributed by atoms with van der Waals surface area (Å²) in [5, 5.41) is 8.73. The van der Waals surface area contributed by atoms with Gasteiger partial charge in [0.05, 0.1) is 0 Å². The molecule has 0 unspecified atom stereocenters. The largest absolute Gasteiger partial charge is 0.481 e. The van der Waals surface area contributed by atoms with Gasteiger partial charge in [0.25, 0.3) is 0 Å². The summed E-state index contributed by atoms with van der Waals surface area (Å²) >= 11 is 6.85. The van der Waals surface area contributed by atoms with Crippen molar-refractivity contribution in [1.82, 2.24) is 0 Å². The van der Waals surface area contributed by atoms with Crippen molar-refractivity contribution in [3.8, 4) is 16.9 Å². The van der Waals surface area contributed by atoms with E-state index in [-0.39, 0.29) is 6.61 Å². The molecule has 0 amide bonds.